The molecule has 0 aliphatic carbocycles. The van der Waals surface area contributed by atoms with E-state index in [1.54, 1.807) is 77.9 Å². The molecule has 4 aliphatic rings. The third-order valence-corrected chi connectivity index (χ3v) is 18.7. The van der Waals surface area contributed by atoms with Crippen LogP contribution >= 0.6 is 0 Å². The zero-order chi connectivity index (χ0) is 75.2. The molecule has 2 aromatic carbocycles. The first-order chi connectivity index (χ1) is 48.3. The van der Waals surface area contributed by atoms with Crippen molar-refractivity contribution in [2.24, 2.45) is 23.5 Å². The van der Waals surface area contributed by atoms with Gasteiger partial charge in [-0.15, -0.1) is 0 Å². The minimum absolute atomic E-state index is 0.00110. The number of primary amides is 1. The molecule has 4 saturated heterocycles. The number of likely N-dealkylation sites (N-methyl/N-ethyl adjacent to an activating group) is 2. The number of nitrogens with zero attached hydrogens (tertiary/aromatic N) is 4. The molecule has 0 radical (unpaired) electrons. The second-order valence-corrected chi connectivity index (χ2v) is 27.7. The Morgan fingerprint density at radius 1 is 0.804 bits per heavy atom. The molecule has 0 spiro atoms. The van der Waals surface area contributed by atoms with Crippen LogP contribution in [-0.4, -0.2) is 227 Å². The summed E-state index contributed by atoms with van der Waals surface area (Å²) < 4.78 is 28.3. The second-order valence-electron chi connectivity index (χ2n) is 27.7. The highest BCUT2D eigenvalue weighted by Gasteiger charge is 2.46. The van der Waals surface area contributed by atoms with Gasteiger partial charge in [-0.1, -0.05) is 84.0 Å². The first kappa shape index (κ1) is 81.5. The van der Waals surface area contributed by atoms with Crippen LogP contribution in [0.2, 0.25) is 0 Å². The summed E-state index contributed by atoms with van der Waals surface area (Å²) in [5.41, 5.74) is 6.66. The number of fused-ring (bicyclic) bond motifs is 1. The van der Waals surface area contributed by atoms with Crippen molar-refractivity contribution in [2.75, 3.05) is 40.8 Å². The number of hydrogen-bond acceptors (Lipinski definition) is 20. The van der Waals surface area contributed by atoms with Crippen molar-refractivity contribution < 1.29 is 95.9 Å². The molecule has 562 valence electrons. The molecule has 4 aliphatic heterocycles. The van der Waals surface area contributed by atoms with E-state index in [0.717, 1.165) is 15.4 Å². The zero-order valence-electron chi connectivity index (χ0n) is 60.2. The number of carbonyl (C=O) groups excluding carboxylic acids is 14. The van der Waals surface area contributed by atoms with Gasteiger partial charge in [-0.2, -0.15) is 0 Å². The maximum Gasteiger partial charge on any atom is 0.407 e. The Labute approximate surface area is 594 Å². The number of alkyl carbamates (subject to hydrolysis) is 1. The van der Waals surface area contributed by atoms with Gasteiger partial charge in [-0.3, -0.25) is 52.7 Å². The number of benzene rings is 2. The van der Waals surface area contributed by atoms with Gasteiger partial charge in [-0.05, 0) is 119 Å². The number of amides is 11. The maximum atomic E-state index is 15.2. The fourth-order valence-corrected chi connectivity index (χ4v) is 12.8. The standard InChI is InChI=1S/C71H103N11O20/c1-39(2)35-52(79(9)67(93)50-22-17-33-81(50)65(91)43(8)101-69(95)49(28-30-55(72)84)76-61(87)47-29-31-56(85)74-47)62(88)78-59-42(7)100-70(96)53(36-44-24-26-46(98-11)27-25-44)80(10)68(94)51-23-18-34-82(51)66(92)48(21-15-16-32-73-71(97)99-38-45-19-13-12-14-20-45)75-64(90)60(41(5)6)102-57(86)37-54(83)58(40(3)4)77-63(59)89/h12-14,19-20,24-27,39-43,47-54,58-60,83H,15-18,21-23,28-38H2,1-11H3,(H2,72,84)(H,73,97)(H,74,85)(H,75,90)(H,76,87)(H,77,89)(H,78,88)/t42-,43+,47+,48+,49+,50+,51+,52-,53+,54+,58-,59+,60?/m1/s1. The first-order valence-electron chi connectivity index (χ1n) is 35.1. The van der Waals surface area contributed by atoms with Crippen molar-refractivity contribution in [2.45, 2.75) is 231 Å². The van der Waals surface area contributed by atoms with Gasteiger partial charge in [0.2, 0.25) is 47.3 Å². The molecule has 0 aromatic heterocycles. The average Bonchev–Trinajstić information content (AvgIpc) is 1.53. The van der Waals surface area contributed by atoms with E-state index in [4.69, 9.17) is 29.4 Å². The van der Waals surface area contributed by atoms with E-state index in [9.17, 15) is 48.3 Å². The van der Waals surface area contributed by atoms with Gasteiger partial charge in [0.25, 0.3) is 11.8 Å². The molecule has 6 rings (SSSR count). The van der Waals surface area contributed by atoms with Crippen LogP contribution in [0, 0.1) is 17.8 Å². The predicted octanol–water partition coefficient (Wildman–Crippen LogP) is 1.35. The highest BCUT2D eigenvalue weighted by atomic mass is 16.6. The number of ether oxygens (including phenoxy) is 5. The van der Waals surface area contributed by atoms with Crippen LogP contribution in [0.5, 0.6) is 5.75 Å². The van der Waals surface area contributed by atoms with Crippen LogP contribution in [0.4, 0.5) is 4.79 Å². The summed E-state index contributed by atoms with van der Waals surface area (Å²) in [6.45, 7) is 12.8. The SMILES string of the molecule is COc1ccc(C[C@H]2C(=O)O[C@H](C)[C@H](NC(=O)[C@@H](CC(C)C)N(C)C(=O)[C@@H]3CCCN3C(=O)[C@H](C)OC(=O)[C@H](CCC(N)=O)NC(=O)[C@@H]3CCC(=O)N3)C(=O)N[C@H](C(C)C)[C@@H](O)CC(=O)OC(C(C)C)C(=O)N[C@@H](CCCCNC(=O)OCc3ccccc3)C(=O)N3CCC[C@H]3C(=O)N2C)cc1. The van der Waals surface area contributed by atoms with Gasteiger partial charge < -0.3 is 86.0 Å². The molecule has 13 atom stereocenters. The number of aliphatic hydroxyl groups excluding tert-OH is 1. The monoisotopic (exact) mass is 1430 g/mol. The van der Waals surface area contributed by atoms with Gasteiger partial charge in [0.1, 0.15) is 66.8 Å². The number of likely N-dealkylation sites (tertiary alicyclic amines) is 1. The summed E-state index contributed by atoms with van der Waals surface area (Å²) in [7, 11) is 4.16. The van der Waals surface area contributed by atoms with Crippen LogP contribution in [0.15, 0.2) is 54.6 Å². The Morgan fingerprint density at radius 3 is 2.12 bits per heavy atom. The molecule has 4 fully saturated rings. The quantitative estimate of drug-likeness (QED) is 0.0374. The number of nitrogens with two attached hydrogens (primary N) is 1. The van der Waals surface area contributed by atoms with E-state index in [1.165, 1.54) is 44.9 Å². The first-order valence-corrected chi connectivity index (χ1v) is 35.1. The van der Waals surface area contributed by atoms with Crippen molar-refractivity contribution in [1.82, 2.24) is 51.5 Å². The van der Waals surface area contributed by atoms with Gasteiger partial charge in [0.15, 0.2) is 12.2 Å². The average molecular weight is 1430 g/mol. The molecule has 102 heavy (non-hydrogen) atoms. The Balaban J connectivity index is 1.30. The van der Waals surface area contributed by atoms with Crippen LogP contribution in [-0.2, 0) is 94.3 Å². The van der Waals surface area contributed by atoms with E-state index in [1.807, 2.05) is 18.2 Å². The Morgan fingerprint density at radius 2 is 1.49 bits per heavy atom. The lowest BCUT2D eigenvalue weighted by molar-refractivity contribution is -0.163. The van der Waals surface area contributed by atoms with E-state index in [2.05, 4.69) is 31.9 Å². The number of cyclic esters (lactones) is 2. The number of aliphatic hydroxyl groups is 1. The molecule has 11 amide bonds. The van der Waals surface area contributed by atoms with Gasteiger partial charge in [-0.25, -0.2) is 14.4 Å². The Bertz CT molecular complexity index is 3300. The molecule has 0 bridgehead atoms. The van der Waals surface area contributed by atoms with Crippen molar-refractivity contribution in [3.8, 4) is 5.75 Å². The highest BCUT2D eigenvalue weighted by molar-refractivity contribution is 5.98. The number of methoxy groups -OCH3 is 1. The Hall–Kier alpha value is -9.42. The summed E-state index contributed by atoms with van der Waals surface area (Å²) in [5.74, 6) is -12.0. The summed E-state index contributed by atoms with van der Waals surface area (Å²) in [5, 5.41) is 27.8. The minimum atomic E-state index is -1.86. The number of esters is 3. The van der Waals surface area contributed by atoms with E-state index in [0.29, 0.717) is 30.6 Å². The molecule has 0 saturated carbocycles. The van der Waals surface area contributed by atoms with Crippen LogP contribution in [0.1, 0.15) is 150 Å². The van der Waals surface area contributed by atoms with E-state index in [-0.39, 0.29) is 102 Å². The number of nitrogens with one attached hydrogen (secondary N) is 6. The normalized spacial score (nSPS) is 24.2. The van der Waals surface area contributed by atoms with Crippen LogP contribution in [0.3, 0.4) is 0 Å². The molecule has 1 unspecified atom stereocenters. The molecule has 4 heterocycles. The second kappa shape index (κ2) is 38.6. The smallest absolute Gasteiger partial charge is 0.407 e. The number of carbonyl (C=O) groups is 14. The third kappa shape index (κ3) is 23.0. The minimum Gasteiger partial charge on any atom is -0.497 e. The zero-order valence-corrected chi connectivity index (χ0v) is 60.2. The topological polar surface area (TPSA) is 417 Å². The number of rotatable bonds is 26. The molecule has 31 nitrogen and oxygen atoms in total. The lowest BCUT2D eigenvalue weighted by Crippen LogP contribution is -2.62. The maximum absolute atomic E-state index is 15.2. The van der Waals surface area contributed by atoms with Crippen LogP contribution in [0.25, 0.3) is 0 Å². The van der Waals surface area contributed by atoms with Gasteiger partial charge in [0.05, 0.1) is 25.7 Å². The van der Waals surface area contributed by atoms with Gasteiger partial charge >= 0.3 is 24.0 Å². The molecule has 9 N–H and O–H groups in total. The van der Waals surface area contributed by atoms with E-state index < -0.39 is 174 Å². The van der Waals surface area contributed by atoms with E-state index >= 15 is 24.0 Å². The fourth-order valence-electron chi connectivity index (χ4n) is 12.8. The summed E-state index contributed by atoms with van der Waals surface area (Å²) in [6.07, 6.45) is -7.08. The molecule has 31 heteroatoms. The Kier molecular flexibility index (Phi) is 30.8. The van der Waals surface area contributed by atoms with Crippen molar-refractivity contribution in [3.63, 3.8) is 0 Å². The molecular weight excluding hydrogens is 1330 g/mol. The summed E-state index contributed by atoms with van der Waals surface area (Å²) in [6, 6.07) is 3.53. The predicted molar refractivity (Wildman–Crippen MR) is 366 cm³/mol. The highest BCUT2D eigenvalue weighted by Crippen LogP contribution is 2.28. The lowest BCUT2D eigenvalue weighted by Gasteiger charge is -2.36. The molecule has 2 aromatic rings. The van der Waals surface area contributed by atoms with Crippen molar-refractivity contribution in [3.05, 3.63) is 65.7 Å². The fraction of sp³-hybridized carbons (Fsp3) is 0.634. The third-order valence-electron chi connectivity index (χ3n) is 18.7. The number of hydrogen-bond donors (Lipinski definition) is 8. The largest absolute Gasteiger partial charge is 0.497 e. The van der Waals surface area contributed by atoms with Crippen LogP contribution < -0.4 is 42.4 Å². The lowest BCUT2D eigenvalue weighted by atomic mass is 9.95. The molecular formula is C71H103N11O20. The summed E-state index contributed by atoms with van der Waals surface area (Å²) in [4.78, 5) is 201. The van der Waals surface area contributed by atoms with Crippen molar-refractivity contribution in [1.29, 1.82) is 0 Å². The van der Waals surface area contributed by atoms with Gasteiger partial charge in [0, 0.05) is 53.0 Å². The summed E-state index contributed by atoms with van der Waals surface area (Å²) >= 11 is 0. The van der Waals surface area contributed by atoms with Crippen molar-refractivity contribution >= 4 is 83.1 Å². The number of unbranched alkanes of at least 4 members (excludes halogenated alkanes) is 1.